The Kier molecular flexibility index (Phi) is 0.961. The van der Waals surface area contributed by atoms with Gasteiger partial charge in [-0.15, -0.1) is 0 Å². The third-order valence-electron chi connectivity index (χ3n) is 4.34. The molecule has 1 heteroatoms. The Hall–Kier alpha value is -0.330. The third kappa shape index (κ3) is 0.533. The highest BCUT2D eigenvalue weighted by molar-refractivity contribution is 5.90. The number of carbonyl (C=O) groups is 1. The lowest BCUT2D eigenvalue weighted by Crippen LogP contribution is -2.49. The second-order valence-corrected chi connectivity index (χ2v) is 4.63. The molecule has 0 aromatic heterocycles. The SMILES string of the molecule is CC1C(=O)C2C3CCC(C3)C12. The van der Waals surface area contributed by atoms with E-state index in [1.165, 1.54) is 19.3 Å². The normalized spacial score (nSPS) is 59.4. The number of hydrogen-bond acceptors (Lipinski definition) is 1. The molecule has 3 aliphatic carbocycles. The average Bonchev–Trinajstić information content (AvgIpc) is 2.58. The molecule has 0 heterocycles. The topological polar surface area (TPSA) is 17.1 Å². The van der Waals surface area contributed by atoms with Crippen molar-refractivity contribution >= 4 is 5.78 Å². The van der Waals surface area contributed by atoms with Crippen LogP contribution in [0.5, 0.6) is 0 Å². The van der Waals surface area contributed by atoms with Gasteiger partial charge in [0, 0.05) is 11.8 Å². The standard InChI is InChI=1S/C10H14O/c1-5-8-6-2-3-7(4-6)9(8)10(5)11/h5-9H,2-4H2,1H3. The summed E-state index contributed by atoms with van der Waals surface area (Å²) in [4.78, 5) is 11.4. The molecule has 0 radical (unpaired) electrons. The van der Waals surface area contributed by atoms with E-state index in [4.69, 9.17) is 0 Å². The molecule has 0 aromatic rings. The van der Waals surface area contributed by atoms with E-state index < -0.39 is 0 Å². The van der Waals surface area contributed by atoms with Crippen LogP contribution in [0.15, 0.2) is 0 Å². The van der Waals surface area contributed by atoms with Crippen molar-refractivity contribution in [2.45, 2.75) is 26.2 Å². The fraction of sp³-hybridized carbons (Fsp3) is 0.900. The first kappa shape index (κ1) is 6.22. The first-order valence-corrected chi connectivity index (χ1v) is 4.83. The van der Waals surface area contributed by atoms with Gasteiger partial charge in [-0.2, -0.15) is 0 Å². The lowest BCUT2D eigenvalue weighted by molar-refractivity contribution is -0.145. The highest BCUT2D eigenvalue weighted by Crippen LogP contribution is 2.61. The molecule has 5 unspecified atom stereocenters. The van der Waals surface area contributed by atoms with Crippen molar-refractivity contribution in [3.05, 3.63) is 0 Å². The molecule has 3 rings (SSSR count). The lowest BCUT2D eigenvalue weighted by atomic mass is 9.58. The molecule has 1 nitrogen and oxygen atoms in total. The molecule has 60 valence electrons. The van der Waals surface area contributed by atoms with Gasteiger partial charge >= 0.3 is 0 Å². The molecule has 0 aliphatic heterocycles. The van der Waals surface area contributed by atoms with Crippen molar-refractivity contribution < 1.29 is 4.79 Å². The molecule has 3 aliphatic rings. The minimum Gasteiger partial charge on any atom is -0.299 e. The fourth-order valence-electron chi connectivity index (χ4n) is 3.85. The highest BCUT2D eigenvalue weighted by atomic mass is 16.1. The van der Waals surface area contributed by atoms with Crippen LogP contribution >= 0.6 is 0 Å². The van der Waals surface area contributed by atoms with Crippen LogP contribution < -0.4 is 0 Å². The van der Waals surface area contributed by atoms with Crippen LogP contribution in [0.3, 0.4) is 0 Å². The predicted molar refractivity (Wildman–Crippen MR) is 42.0 cm³/mol. The Morgan fingerprint density at radius 2 is 2.00 bits per heavy atom. The van der Waals surface area contributed by atoms with Gasteiger partial charge in [-0.25, -0.2) is 0 Å². The Morgan fingerprint density at radius 1 is 1.27 bits per heavy atom. The Labute approximate surface area is 67.2 Å². The van der Waals surface area contributed by atoms with E-state index in [9.17, 15) is 4.79 Å². The quantitative estimate of drug-likeness (QED) is 0.515. The number of carbonyl (C=O) groups excluding carboxylic acids is 1. The van der Waals surface area contributed by atoms with E-state index in [1.807, 2.05) is 0 Å². The summed E-state index contributed by atoms with van der Waals surface area (Å²) in [5.74, 6) is 4.12. The number of hydrogen-bond donors (Lipinski definition) is 0. The summed E-state index contributed by atoms with van der Waals surface area (Å²) in [7, 11) is 0. The Bertz CT molecular complexity index is 221. The minimum absolute atomic E-state index is 0.426. The zero-order chi connectivity index (χ0) is 7.59. The summed E-state index contributed by atoms with van der Waals surface area (Å²) < 4.78 is 0. The maximum Gasteiger partial charge on any atom is 0.139 e. The summed E-state index contributed by atoms with van der Waals surface area (Å²) in [5, 5.41) is 0. The van der Waals surface area contributed by atoms with Crippen LogP contribution in [0.1, 0.15) is 26.2 Å². The van der Waals surface area contributed by atoms with Crippen molar-refractivity contribution in [3.8, 4) is 0 Å². The van der Waals surface area contributed by atoms with Crippen LogP contribution in [-0.4, -0.2) is 5.78 Å². The van der Waals surface area contributed by atoms with Crippen LogP contribution in [0, 0.1) is 29.6 Å². The summed E-state index contributed by atoms with van der Waals surface area (Å²) in [6.07, 6.45) is 4.15. The van der Waals surface area contributed by atoms with E-state index in [-0.39, 0.29) is 0 Å². The van der Waals surface area contributed by atoms with Gasteiger partial charge in [-0.05, 0) is 37.0 Å². The van der Waals surface area contributed by atoms with Crippen molar-refractivity contribution in [1.82, 2.24) is 0 Å². The summed E-state index contributed by atoms with van der Waals surface area (Å²) >= 11 is 0. The van der Waals surface area contributed by atoms with Gasteiger partial charge in [-0.3, -0.25) is 4.79 Å². The van der Waals surface area contributed by atoms with Gasteiger partial charge in [0.05, 0.1) is 0 Å². The van der Waals surface area contributed by atoms with Gasteiger partial charge in [-0.1, -0.05) is 6.92 Å². The van der Waals surface area contributed by atoms with Gasteiger partial charge in [0.25, 0.3) is 0 Å². The summed E-state index contributed by atoms with van der Waals surface area (Å²) in [6.45, 7) is 2.13. The first-order chi connectivity index (χ1) is 5.29. The molecule has 0 aromatic carbocycles. The van der Waals surface area contributed by atoms with Crippen molar-refractivity contribution in [1.29, 1.82) is 0 Å². The molecule has 0 saturated heterocycles. The Morgan fingerprint density at radius 3 is 2.73 bits per heavy atom. The molecular formula is C10H14O. The van der Waals surface area contributed by atoms with Crippen LogP contribution in [0.2, 0.25) is 0 Å². The highest BCUT2D eigenvalue weighted by Gasteiger charge is 2.60. The average molecular weight is 150 g/mol. The van der Waals surface area contributed by atoms with Crippen molar-refractivity contribution in [2.75, 3.05) is 0 Å². The lowest BCUT2D eigenvalue weighted by Gasteiger charge is -2.44. The Balaban J connectivity index is 1.95. The second-order valence-electron chi connectivity index (χ2n) is 4.63. The van der Waals surface area contributed by atoms with Gasteiger partial charge in [0.2, 0.25) is 0 Å². The van der Waals surface area contributed by atoms with E-state index in [2.05, 4.69) is 6.92 Å². The molecule has 0 spiro atoms. The monoisotopic (exact) mass is 150 g/mol. The summed E-state index contributed by atoms with van der Waals surface area (Å²) in [6, 6.07) is 0. The summed E-state index contributed by atoms with van der Waals surface area (Å²) in [5.41, 5.74) is 0. The largest absolute Gasteiger partial charge is 0.299 e. The number of rotatable bonds is 0. The maximum absolute atomic E-state index is 11.4. The molecule has 0 amide bonds. The van der Waals surface area contributed by atoms with Crippen LogP contribution in [0.4, 0.5) is 0 Å². The van der Waals surface area contributed by atoms with Crippen molar-refractivity contribution in [2.24, 2.45) is 29.6 Å². The molecular weight excluding hydrogens is 136 g/mol. The number of fused-ring (bicyclic) bond motifs is 5. The van der Waals surface area contributed by atoms with Crippen LogP contribution in [0.25, 0.3) is 0 Å². The van der Waals surface area contributed by atoms with Crippen LogP contribution in [-0.2, 0) is 4.79 Å². The molecule has 3 saturated carbocycles. The first-order valence-electron chi connectivity index (χ1n) is 4.83. The maximum atomic E-state index is 11.4. The number of ketones is 1. The van der Waals surface area contributed by atoms with Gasteiger partial charge < -0.3 is 0 Å². The van der Waals surface area contributed by atoms with Gasteiger partial charge in [0.1, 0.15) is 5.78 Å². The molecule has 2 bridgehead atoms. The smallest absolute Gasteiger partial charge is 0.139 e. The third-order valence-corrected chi connectivity index (χ3v) is 4.34. The minimum atomic E-state index is 0.426. The predicted octanol–water partition coefficient (Wildman–Crippen LogP) is 1.87. The van der Waals surface area contributed by atoms with E-state index >= 15 is 0 Å². The van der Waals surface area contributed by atoms with E-state index in [0.29, 0.717) is 17.6 Å². The second kappa shape index (κ2) is 1.70. The van der Waals surface area contributed by atoms with E-state index in [1.54, 1.807) is 0 Å². The molecule has 5 atom stereocenters. The zero-order valence-corrected chi connectivity index (χ0v) is 6.92. The van der Waals surface area contributed by atoms with Crippen molar-refractivity contribution in [3.63, 3.8) is 0 Å². The number of Topliss-reactive ketones (excluding diaryl/α,β-unsaturated/α-hetero) is 1. The molecule has 0 N–H and O–H groups in total. The van der Waals surface area contributed by atoms with E-state index in [0.717, 1.165) is 17.8 Å². The molecule has 3 fully saturated rings. The molecule has 11 heavy (non-hydrogen) atoms. The fourth-order valence-corrected chi connectivity index (χ4v) is 3.85. The zero-order valence-electron chi connectivity index (χ0n) is 6.92. The van der Waals surface area contributed by atoms with Gasteiger partial charge in [0.15, 0.2) is 0 Å².